The van der Waals surface area contributed by atoms with Crippen molar-refractivity contribution >= 4 is 23.6 Å². The molecule has 148 valence electrons. The normalized spacial score (nSPS) is 10.6. The monoisotopic (exact) mass is 375 g/mol. The van der Waals surface area contributed by atoms with Crippen molar-refractivity contribution in [3.8, 4) is 0 Å². The topological polar surface area (TPSA) is 96.5 Å². The Morgan fingerprint density at radius 3 is 2.44 bits per heavy atom. The molecule has 0 aromatic heterocycles. The number of benzene rings is 1. The van der Waals surface area contributed by atoms with Crippen LogP contribution in [0.3, 0.4) is 0 Å². The van der Waals surface area contributed by atoms with Gasteiger partial charge >= 0.3 is 6.09 Å². The molecule has 0 saturated carbocycles. The summed E-state index contributed by atoms with van der Waals surface area (Å²) < 4.78 is 5.10. The van der Waals surface area contributed by atoms with Gasteiger partial charge in [-0.15, -0.1) is 0 Å². The summed E-state index contributed by atoms with van der Waals surface area (Å²) in [5.41, 5.74) is 1.85. The molecule has 1 aromatic rings. The Morgan fingerprint density at radius 1 is 1.11 bits per heavy atom. The summed E-state index contributed by atoms with van der Waals surface area (Å²) in [6.07, 6.45) is 1.11. The lowest BCUT2D eigenvalue weighted by Crippen LogP contribution is -2.34. The van der Waals surface area contributed by atoms with Crippen molar-refractivity contribution in [3.05, 3.63) is 41.5 Å². The molecule has 0 aliphatic heterocycles. The maximum absolute atomic E-state index is 12.0. The first-order valence-electron chi connectivity index (χ1n) is 8.83. The molecule has 1 aromatic carbocycles. The fraction of sp³-hybridized carbons (Fsp3) is 0.450. The van der Waals surface area contributed by atoms with Crippen molar-refractivity contribution in [3.63, 3.8) is 0 Å². The first kappa shape index (κ1) is 22.2. The van der Waals surface area contributed by atoms with Gasteiger partial charge in [0.1, 0.15) is 5.60 Å². The van der Waals surface area contributed by atoms with Crippen LogP contribution in [0.15, 0.2) is 35.9 Å². The third-order valence-corrected chi connectivity index (χ3v) is 3.12. The highest BCUT2D eigenvalue weighted by Gasteiger charge is 2.15. The van der Waals surface area contributed by atoms with E-state index in [0.29, 0.717) is 12.2 Å². The number of ether oxygens (including phenoxy) is 1. The molecule has 0 radical (unpaired) electrons. The maximum atomic E-state index is 12.0. The minimum absolute atomic E-state index is 0.126. The average Bonchev–Trinajstić information content (AvgIpc) is 2.51. The van der Waals surface area contributed by atoms with Gasteiger partial charge in [-0.1, -0.05) is 17.7 Å². The highest BCUT2D eigenvalue weighted by Crippen LogP contribution is 2.11. The first-order valence-corrected chi connectivity index (χ1v) is 8.83. The van der Waals surface area contributed by atoms with Crippen LogP contribution in [0, 0.1) is 0 Å². The number of anilines is 1. The van der Waals surface area contributed by atoms with Crippen LogP contribution < -0.4 is 16.0 Å². The average molecular weight is 375 g/mol. The van der Waals surface area contributed by atoms with E-state index >= 15 is 0 Å². The minimum atomic E-state index is -0.576. The van der Waals surface area contributed by atoms with Gasteiger partial charge in [0, 0.05) is 31.3 Å². The SMILES string of the molecule is CC(C)=CC(=O)NCc1cccc(NC(=O)CCNC(=O)OC(C)(C)C)c1. The summed E-state index contributed by atoms with van der Waals surface area (Å²) in [5, 5.41) is 8.10. The Hall–Kier alpha value is -2.83. The number of hydrogen-bond acceptors (Lipinski definition) is 4. The van der Waals surface area contributed by atoms with E-state index in [0.717, 1.165) is 11.1 Å². The van der Waals surface area contributed by atoms with Crippen molar-refractivity contribution in [2.75, 3.05) is 11.9 Å². The fourth-order valence-corrected chi connectivity index (χ4v) is 2.08. The second-order valence-corrected chi connectivity index (χ2v) is 7.37. The van der Waals surface area contributed by atoms with Crippen LogP contribution in [-0.2, 0) is 20.9 Å². The second kappa shape index (κ2) is 10.4. The predicted octanol–water partition coefficient (Wildman–Crippen LogP) is 3.12. The summed E-state index contributed by atoms with van der Waals surface area (Å²) in [6.45, 7) is 9.57. The summed E-state index contributed by atoms with van der Waals surface area (Å²) in [7, 11) is 0. The maximum Gasteiger partial charge on any atom is 0.407 e. The van der Waals surface area contributed by atoms with Crippen molar-refractivity contribution in [2.45, 2.75) is 53.2 Å². The molecule has 27 heavy (non-hydrogen) atoms. The molecule has 1 rings (SSSR count). The molecule has 0 aliphatic rings. The van der Waals surface area contributed by atoms with E-state index in [2.05, 4.69) is 16.0 Å². The standard InChI is InChI=1S/C20H29N3O4/c1-14(2)11-18(25)22-13-15-7-6-8-16(12-15)23-17(24)9-10-21-19(26)27-20(3,4)5/h6-8,11-12H,9-10,13H2,1-5H3,(H,21,26)(H,22,25)(H,23,24). The number of alkyl carbamates (subject to hydrolysis) is 1. The van der Waals surface area contributed by atoms with Crippen LogP contribution in [0.4, 0.5) is 10.5 Å². The van der Waals surface area contributed by atoms with E-state index in [9.17, 15) is 14.4 Å². The van der Waals surface area contributed by atoms with Gasteiger partial charge in [0.2, 0.25) is 11.8 Å². The van der Waals surface area contributed by atoms with Crippen LogP contribution >= 0.6 is 0 Å². The van der Waals surface area contributed by atoms with Crippen molar-refractivity contribution < 1.29 is 19.1 Å². The Labute approximate surface area is 160 Å². The largest absolute Gasteiger partial charge is 0.444 e. The molecule has 0 unspecified atom stereocenters. The van der Waals surface area contributed by atoms with Gasteiger partial charge in [-0.05, 0) is 52.3 Å². The van der Waals surface area contributed by atoms with Crippen molar-refractivity contribution in [1.82, 2.24) is 10.6 Å². The Balaban J connectivity index is 2.43. The van der Waals surface area contributed by atoms with Crippen LogP contribution in [-0.4, -0.2) is 30.1 Å². The third-order valence-electron chi connectivity index (χ3n) is 3.12. The zero-order valence-corrected chi connectivity index (χ0v) is 16.6. The highest BCUT2D eigenvalue weighted by atomic mass is 16.6. The Morgan fingerprint density at radius 2 is 1.81 bits per heavy atom. The van der Waals surface area contributed by atoms with Gasteiger partial charge in [0.05, 0.1) is 0 Å². The predicted molar refractivity (Wildman–Crippen MR) is 105 cm³/mol. The van der Waals surface area contributed by atoms with Gasteiger partial charge < -0.3 is 20.7 Å². The lowest BCUT2D eigenvalue weighted by molar-refractivity contribution is -0.117. The summed E-state index contributed by atoms with van der Waals surface area (Å²) in [4.78, 5) is 35.2. The Bertz CT molecular complexity index is 701. The molecule has 3 N–H and O–H groups in total. The number of amides is 3. The van der Waals surface area contributed by atoms with Gasteiger partial charge in [-0.2, -0.15) is 0 Å². The zero-order valence-electron chi connectivity index (χ0n) is 16.6. The van der Waals surface area contributed by atoms with E-state index < -0.39 is 11.7 Å². The number of carbonyl (C=O) groups excluding carboxylic acids is 3. The molecule has 0 saturated heterocycles. The molecular weight excluding hydrogens is 346 g/mol. The van der Waals surface area contributed by atoms with Crippen LogP contribution in [0.25, 0.3) is 0 Å². The fourth-order valence-electron chi connectivity index (χ4n) is 2.08. The number of hydrogen-bond donors (Lipinski definition) is 3. The Kier molecular flexibility index (Phi) is 8.51. The van der Waals surface area contributed by atoms with Gasteiger partial charge in [-0.25, -0.2) is 4.79 Å². The van der Waals surface area contributed by atoms with E-state index in [1.807, 2.05) is 19.9 Å². The zero-order chi connectivity index (χ0) is 20.4. The molecule has 0 fully saturated rings. The summed E-state index contributed by atoms with van der Waals surface area (Å²) >= 11 is 0. The second-order valence-electron chi connectivity index (χ2n) is 7.37. The molecule has 0 bridgehead atoms. The van der Waals surface area contributed by atoms with Crippen LogP contribution in [0.1, 0.15) is 46.6 Å². The van der Waals surface area contributed by atoms with Gasteiger partial charge in [-0.3, -0.25) is 9.59 Å². The van der Waals surface area contributed by atoms with Crippen molar-refractivity contribution in [2.24, 2.45) is 0 Å². The van der Waals surface area contributed by atoms with E-state index in [1.165, 1.54) is 6.08 Å². The molecule has 7 heteroatoms. The van der Waals surface area contributed by atoms with E-state index in [1.54, 1.807) is 39.0 Å². The summed E-state index contributed by atoms with van der Waals surface area (Å²) in [5.74, 6) is -0.380. The molecule has 0 heterocycles. The highest BCUT2D eigenvalue weighted by molar-refractivity contribution is 5.91. The number of carbonyl (C=O) groups is 3. The van der Waals surface area contributed by atoms with Gasteiger partial charge in [0.25, 0.3) is 0 Å². The van der Waals surface area contributed by atoms with Crippen LogP contribution in [0.5, 0.6) is 0 Å². The smallest absolute Gasteiger partial charge is 0.407 e. The van der Waals surface area contributed by atoms with E-state index in [-0.39, 0.29) is 24.8 Å². The minimum Gasteiger partial charge on any atom is -0.444 e. The molecule has 0 atom stereocenters. The first-order chi connectivity index (χ1) is 12.5. The molecule has 0 spiro atoms. The van der Waals surface area contributed by atoms with Crippen LogP contribution in [0.2, 0.25) is 0 Å². The number of nitrogens with one attached hydrogen (secondary N) is 3. The number of rotatable bonds is 7. The molecular formula is C20H29N3O4. The van der Waals surface area contributed by atoms with Crippen molar-refractivity contribution in [1.29, 1.82) is 0 Å². The molecule has 3 amide bonds. The van der Waals surface area contributed by atoms with Gasteiger partial charge in [0.15, 0.2) is 0 Å². The number of allylic oxidation sites excluding steroid dienone is 1. The lowest BCUT2D eigenvalue weighted by Gasteiger charge is -2.19. The quantitative estimate of drug-likeness (QED) is 0.638. The third kappa shape index (κ3) is 10.7. The van der Waals surface area contributed by atoms with E-state index in [4.69, 9.17) is 4.74 Å². The lowest BCUT2D eigenvalue weighted by atomic mass is 10.2. The molecule has 7 nitrogen and oxygen atoms in total. The molecule has 0 aliphatic carbocycles. The summed E-state index contributed by atoms with van der Waals surface area (Å²) in [6, 6.07) is 7.22.